The third-order valence-electron chi connectivity index (χ3n) is 4.32. The number of nitrogens with one attached hydrogen (secondary N) is 3. The minimum Gasteiger partial charge on any atom is -0.355 e. The van der Waals surface area contributed by atoms with Crippen LogP contribution in [0.4, 0.5) is 22.7 Å². The summed E-state index contributed by atoms with van der Waals surface area (Å²) >= 11 is 0. The zero-order valence-corrected chi connectivity index (χ0v) is 16.0. The number of pyridine rings is 1. The number of anilines is 4. The normalized spacial score (nSPS) is 10.2. The number of aryl methyl sites for hydroxylation is 1. The van der Waals surface area contributed by atoms with Gasteiger partial charge in [0.25, 0.3) is 5.91 Å². The van der Waals surface area contributed by atoms with Crippen LogP contribution in [0.15, 0.2) is 60.8 Å². The highest BCUT2D eigenvalue weighted by molar-refractivity contribution is 6.03. The molecule has 0 saturated carbocycles. The summed E-state index contributed by atoms with van der Waals surface area (Å²) in [6.07, 6.45) is 1.58. The van der Waals surface area contributed by atoms with Crippen LogP contribution >= 0.6 is 0 Å². The Balaban J connectivity index is 1.76. The van der Waals surface area contributed by atoms with Gasteiger partial charge in [-0.15, -0.1) is 0 Å². The molecule has 0 bridgehead atoms. The van der Waals surface area contributed by atoms with Gasteiger partial charge in [0.05, 0.1) is 0 Å². The number of hydrogen-bond acceptors (Lipinski definition) is 4. The smallest absolute Gasteiger partial charge is 0.274 e. The number of carbonyl (C=O) groups excluding carboxylic acids is 2. The molecule has 0 fully saturated rings. The molecular weight excluding hydrogens is 352 g/mol. The summed E-state index contributed by atoms with van der Waals surface area (Å²) in [5, 5.41) is 8.88. The lowest BCUT2D eigenvalue weighted by molar-refractivity contribution is -0.114. The fourth-order valence-corrected chi connectivity index (χ4v) is 2.75. The summed E-state index contributed by atoms with van der Waals surface area (Å²) in [7, 11) is 0. The van der Waals surface area contributed by atoms with Crippen LogP contribution in [-0.2, 0) is 4.79 Å². The number of rotatable bonds is 5. The predicted octanol–water partition coefficient (Wildman–Crippen LogP) is 4.65. The average molecular weight is 374 g/mol. The van der Waals surface area contributed by atoms with Crippen LogP contribution in [0.5, 0.6) is 0 Å². The van der Waals surface area contributed by atoms with Crippen molar-refractivity contribution in [3.8, 4) is 0 Å². The predicted molar refractivity (Wildman–Crippen MR) is 112 cm³/mol. The van der Waals surface area contributed by atoms with Gasteiger partial charge in [0, 0.05) is 35.9 Å². The first-order chi connectivity index (χ1) is 13.4. The van der Waals surface area contributed by atoms with Crippen molar-refractivity contribution in [2.24, 2.45) is 0 Å². The maximum atomic E-state index is 12.6. The van der Waals surface area contributed by atoms with Gasteiger partial charge in [-0.3, -0.25) is 14.6 Å². The van der Waals surface area contributed by atoms with Crippen LogP contribution in [0, 0.1) is 13.8 Å². The zero-order valence-electron chi connectivity index (χ0n) is 16.0. The highest BCUT2D eigenvalue weighted by atomic mass is 16.2. The Morgan fingerprint density at radius 1 is 0.857 bits per heavy atom. The van der Waals surface area contributed by atoms with E-state index in [1.807, 2.05) is 56.3 Å². The van der Waals surface area contributed by atoms with Gasteiger partial charge >= 0.3 is 0 Å². The molecule has 6 nitrogen and oxygen atoms in total. The summed E-state index contributed by atoms with van der Waals surface area (Å²) in [6, 6.07) is 16.6. The van der Waals surface area contributed by atoms with Crippen molar-refractivity contribution in [1.82, 2.24) is 4.98 Å². The summed E-state index contributed by atoms with van der Waals surface area (Å²) in [5.74, 6) is -0.407. The second kappa shape index (κ2) is 8.35. The van der Waals surface area contributed by atoms with Gasteiger partial charge in [-0.05, 0) is 61.4 Å². The van der Waals surface area contributed by atoms with Gasteiger partial charge in [0.15, 0.2) is 0 Å². The average Bonchev–Trinajstić information content (AvgIpc) is 2.65. The summed E-state index contributed by atoms with van der Waals surface area (Å²) in [6.45, 7) is 5.44. The third kappa shape index (κ3) is 4.73. The Morgan fingerprint density at radius 2 is 1.57 bits per heavy atom. The molecule has 2 aromatic carbocycles. The van der Waals surface area contributed by atoms with E-state index in [0.29, 0.717) is 11.4 Å². The van der Waals surface area contributed by atoms with E-state index in [-0.39, 0.29) is 11.8 Å². The van der Waals surface area contributed by atoms with E-state index in [9.17, 15) is 9.59 Å². The van der Waals surface area contributed by atoms with Crippen LogP contribution < -0.4 is 16.0 Å². The van der Waals surface area contributed by atoms with Crippen LogP contribution in [-0.4, -0.2) is 16.8 Å². The minimum atomic E-state index is -0.274. The zero-order chi connectivity index (χ0) is 20.1. The van der Waals surface area contributed by atoms with Gasteiger partial charge in [-0.2, -0.15) is 0 Å². The Bertz CT molecular complexity index is 1030. The molecule has 0 atom stereocenters. The monoisotopic (exact) mass is 374 g/mol. The largest absolute Gasteiger partial charge is 0.355 e. The van der Waals surface area contributed by atoms with E-state index < -0.39 is 0 Å². The van der Waals surface area contributed by atoms with Crippen molar-refractivity contribution in [2.75, 3.05) is 16.0 Å². The van der Waals surface area contributed by atoms with Gasteiger partial charge in [-0.25, -0.2) is 0 Å². The molecule has 0 saturated heterocycles. The van der Waals surface area contributed by atoms with Crippen molar-refractivity contribution in [3.63, 3.8) is 0 Å². The molecule has 1 aromatic heterocycles. The van der Waals surface area contributed by atoms with Gasteiger partial charge in [-0.1, -0.05) is 18.2 Å². The fourth-order valence-electron chi connectivity index (χ4n) is 2.75. The van der Waals surface area contributed by atoms with Crippen LogP contribution in [0.1, 0.15) is 28.5 Å². The lowest BCUT2D eigenvalue weighted by Gasteiger charge is -2.12. The standard InChI is InChI=1S/C22H22N4O2/c1-14-6-4-9-20(15(14)2)26-22(28)21-13-19(10-11-23-21)25-18-8-5-7-17(12-18)24-16(3)27/h4-13H,1-3H3,(H,23,25)(H,24,27)(H,26,28). The molecular formula is C22H22N4O2. The molecule has 0 spiro atoms. The highest BCUT2D eigenvalue weighted by Crippen LogP contribution is 2.22. The summed E-state index contributed by atoms with van der Waals surface area (Å²) in [5.41, 5.74) is 5.43. The number of nitrogens with zero attached hydrogens (tertiary/aromatic N) is 1. The second-order valence-corrected chi connectivity index (χ2v) is 6.52. The Labute approximate surface area is 164 Å². The molecule has 6 heteroatoms. The Morgan fingerprint density at radius 3 is 2.36 bits per heavy atom. The van der Waals surface area contributed by atoms with Gasteiger partial charge < -0.3 is 16.0 Å². The SMILES string of the molecule is CC(=O)Nc1cccc(Nc2ccnc(C(=O)Nc3cccc(C)c3C)c2)c1. The summed E-state index contributed by atoms with van der Waals surface area (Å²) < 4.78 is 0. The first kappa shape index (κ1) is 19.1. The van der Waals surface area contributed by atoms with E-state index in [0.717, 1.165) is 28.2 Å². The molecule has 0 aliphatic rings. The fraction of sp³-hybridized carbons (Fsp3) is 0.136. The molecule has 0 aliphatic heterocycles. The number of aromatic nitrogens is 1. The molecule has 142 valence electrons. The molecule has 0 unspecified atom stereocenters. The highest BCUT2D eigenvalue weighted by Gasteiger charge is 2.11. The van der Waals surface area contributed by atoms with Crippen LogP contribution in [0.2, 0.25) is 0 Å². The quantitative estimate of drug-likeness (QED) is 0.607. The number of benzene rings is 2. The molecule has 1 heterocycles. The topological polar surface area (TPSA) is 83.1 Å². The van der Waals surface area contributed by atoms with Crippen LogP contribution in [0.25, 0.3) is 0 Å². The van der Waals surface area contributed by atoms with E-state index in [1.165, 1.54) is 6.92 Å². The molecule has 3 N–H and O–H groups in total. The number of carbonyl (C=O) groups is 2. The van der Waals surface area contributed by atoms with Crippen LogP contribution in [0.3, 0.4) is 0 Å². The molecule has 3 rings (SSSR count). The van der Waals surface area contributed by atoms with Crippen molar-refractivity contribution in [2.45, 2.75) is 20.8 Å². The van der Waals surface area contributed by atoms with Crippen molar-refractivity contribution < 1.29 is 9.59 Å². The molecule has 0 aliphatic carbocycles. The van der Waals surface area contributed by atoms with E-state index in [2.05, 4.69) is 20.9 Å². The van der Waals surface area contributed by atoms with E-state index >= 15 is 0 Å². The maximum Gasteiger partial charge on any atom is 0.274 e. The van der Waals surface area contributed by atoms with Gasteiger partial charge in [0.2, 0.25) is 5.91 Å². The first-order valence-electron chi connectivity index (χ1n) is 8.90. The summed E-state index contributed by atoms with van der Waals surface area (Å²) in [4.78, 5) is 28.0. The Kier molecular flexibility index (Phi) is 5.69. The second-order valence-electron chi connectivity index (χ2n) is 6.52. The van der Waals surface area contributed by atoms with Crippen molar-refractivity contribution in [1.29, 1.82) is 0 Å². The molecule has 0 radical (unpaired) electrons. The minimum absolute atomic E-state index is 0.133. The Hall–Kier alpha value is -3.67. The number of amides is 2. The lowest BCUT2D eigenvalue weighted by atomic mass is 10.1. The van der Waals surface area contributed by atoms with Crippen molar-refractivity contribution >= 4 is 34.6 Å². The molecule has 3 aromatic rings. The number of hydrogen-bond donors (Lipinski definition) is 3. The maximum absolute atomic E-state index is 12.6. The van der Waals surface area contributed by atoms with Gasteiger partial charge in [0.1, 0.15) is 5.69 Å². The molecule has 2 amide bonds. The van der Waals surface area contributed by atoms with Crippen molar-refractivity contribution in [3.05, 3.63) is 77.6 Å². The molecule has 28 heavy (non-hydrogen) atoms. The third-order valence-corrected chi connectivity index (χ3v) is 4.32. The van der Waals surface area contributed by atoms with E-state index in [1.54, 1.807) is 18.3 Å². The van der Waals surface area contributed by atoms with E-state index in [4.69, 9.17) is 0 Å². The lowest BCUT2D eigenvalue weighted by Crippen LogP contribution is -2.14. The first-order valence-corrected chi connectivity index (χ1v) is 8.90.